The summed E-state index contributed by atoms with van der Waals surface area (Å²) in [4.78, 5) is 10.2. The summed E-state index contributed by atoms with van der Waals surface area (Å²) in [6.45, 7) is 0. The SMILES string of the molecule is c1ccc(-c2cccc3c4ccccc4n(-c4cccc(-c5ccc6sc7cnc(-n8c9ccccc9c9ccccc98)nc7c6c5)c4)c23)cc1. The molecule has 0 spiro atoms. The third-order valence-electron chi connectivity index (χ3n) is 10.2. The predicted octanol–water partition coefficient (Wildman–Crippen LogP) is 12.4. The Bertz CT molecular complexity index is 3090. The van der Waals surface area contributed by atoms with Crippen LogP contribution in [0.4, 0.5) is 0 Å². The first-order valence-electron chi connectivity index (χ1n) is 17.2. The first kappa shape index (κ1) is 28.3. The Morgan fingerprint density at radius 3 is 1.80 bits per heavy atom. The molecule has 11 rings (SSSR count). The van der Waals surface area contributed by atoms with Crippen LogP contribution in [-0.4, -0.2) is 19.1 Å². The van der Waals surface area contributed by atoms with Crippen molar-refractivity contribution >= 4 is 75.3 Å². The van der Waals surface area contributed by atoms with Crippen molar-refractivity contribution in [1.29, 1.82) is 0 Å². The molecule has 4 aromatic heterocycles. The summed E-state index contributed by atoms with van der Waals surface area (Å²) < 4.78 is 6.91. The molecule has 0 unspecified atom stereocenters. The molecule has 0 aliphatic carbocycles. The van der Waals surface area contributed by atoms with Crippen molar-refractivity contribution in [2.75, 3.05) is 0 Å². The van der Waals surface area contributed by atoms with E-state index in [1.54, 1.807) is 11.3 Å². The van der Waals surface area contributed by atoms with Crippen LogP contribution in [0.5, 0.6) is 0 Å². The van der Waals surface area contributed by atoms with Crippen LogP contribution in [0.15, 0.2) is 170 Å². The van der Waals surface area contributed by atoms with Gasteiger partial charge in [0.15, 0.2) is 0 Å². The molecule has 51 heavy (non-hydrogen) atoms. The molecule has 0 saturated carbocycles. The second-order valence-electron chi connectivity index (χ2n) is 13.0. The largest absolute Gasteiger partial charge is 0.309 e. The fraction of sp³-hybridized carbons (Fsp3) is 0. The number of fused-ring (bicyclic) bond motifs is 9. The average Bonchev–Trinajstić information content (AvgIpc) is 3.85. The van der Waals surface area contributed by atoms with Gasteiger partial charge in [0.05, 0.1) is 38.5 Å². The smallest absolute Gasteiger partial charge is 0.235 e. The maximum Gasteiger partial charge on any atom is 0.235 e. The molecule has 238 valence electrons. The normalized spacial score (nSPS) is 11.9. The maximum atomic E-state index is 5.26. The van der Waals surface area contributed by atoms with E-state index in [2.05, 4.69) is 173 Å². The first-order valence-corrected chi connectivity index (χ1v) is 18.0. The minimum Gasteiger partial charge on any atom is -0.309 e. The van der Waals surface area contributed by atoms with Gasteiger partial charge in [-0.2, -0.15) is 0 Å². The Labute approximate surface area is 297 Å². The Hall–Kier alpha value is -6.56. The summed E-state index contributed by atoms with van der Waals surface area (Å²) in [5, 5.41) is 6.05. The highest BCUT2D eigenvalue weighted by Crippen LogP contribution is 2.40. The molecule has 0 atom stereocenters. The van der Waals surface area contributed by atoms with Gasteiger partial charge in [-0.05, 0) is 59.2 Å². The van der Waals surface area contributed by atoms with E-state index in [9.17, 15) is 0 Å². The summed E-state index contributed by atoms with van der Waals surface area (Å²) in [6.07, 6.45) is 1.98. The van der Waals surface area contributed by atoms with E-state index >= 15 is 0 Å². The molecule has 0 saturated heterocycles. The van der Waals surface area contributed by atoms with Crippen molar-refractivity contribution in [1.82, 2.24) is 19.1 Å². The van der Waals surface area contributed by atoms with Crippen molar-refractivity contribution in [2.45, 2.75) is 0 Å². The molecule has 0 fully saturated rings. The quantitative estimate of drug-likeness (QED) is 0.187. The molecule has 0 N–H and O–H groups in total. The molecule has 0 amide bonds. The van der Waals surface area contributed by atoms with E-state index in [0.717, 1.165) is 43.5 Å². The average molecular weight is 669 g/mol. The highest BCUT2D eigenvalue weighted by Gasteiger charge is 2.18. The van der Waals surface area contributed by atoms with Crippen molar-refractivity contribution in [3.8, 4) is 33.9 Å². The van der Waals surface area contributed by atoms with Gasteiger partial charge in [-0.3, -0.25) is 4.57 Å². The summed E-state index contributed by atoms with van der Waals surface area (Å²) in [5.74, 6) is 0.688. The third kappa shape index (κ3) is 4.25. The zero-order chi connectivity index (χ0) is 33.5. The minimum absolute atomic E-state index is 0.688. The fourth-order valence-electron chi connectivity index (χ4n) is 7.94. The zero-order valence-corrected chi connectivity index (χ0v) is 28.2. The van der Waals surface area contributed by atoms with E-state index in [-0.39, 0.29) is 0 Å². The van der Waals surface area contributed by atoms with Gasteiger partial charge in [-0.25, -0.2) is 9.97 Å². The van der Waals surface area contributed by atoms with E-state index < -0.39 is 0 Å². The van der Waals surface area contributed by atoms with Crippen molar-refractivity contribution in [2.24, 2.45) is 0 Å². The lowest BCUT2D eigenvalue weighted by molar-refractivity contribution is 1.01. The lowest BCUT2D eigenvalue weighted by Gasteiger charge is -2.13. The van der Waals surface area contributed by atoms with Crippen LogP contribution in [0.2, 0.25) is 0 Å². The fourth-order valence-corrected chi connectivity index (χ4v) is 8.94. The van der Waals surface area contributed by atoms with Gasteiger partial charge in [0.25, 0.3) is 0 Å². The van der Waals surface area contributed by atoms with Crippen LogP contribution in [0.1, 0.15) is 0 Å². The molecule has 5 heteroatoms. The molecule has 0 radical (unpaired) electrons. The monoisotopic (exact) mass is 668 g/mol. The number of aromatic nitrogens is 4. The van der Waals surface area contributed by atoms with Crippen LogP contribution in [0.3, 0.4) is 0 Å². The Morgan fingerprint density at radius 2 is 1.04 bits per heavy atom. The third-order valence-corrected chi connectivity index (χ3v) is 11.3. The molecular weight excluding hydrogens is 641 g/mol. The van der Waals surface area contributed by atoms with Gasteiger partial charge in [0.2, 0.25) is 5.95 Å². The Morgan fingerprint density at radius 1 is 0.431 bits per heavy atom. The van der Waals surface area contributed by atoms with Gasteiger partial charge >= 0.3 is 0 Å². The lowest BCUT2D eigenvalue weighted by atomic mass is 10.0. The standard InChI is InChI=1S/C46H28N4S/c1-2-12-29(13-3-1)33-19-11-20-37-36-18-6-7-21-39(36)49(45(33)37)32-15-10-14-30(26-32)31-24-25-42-38(27-31)44-43(51-42)28-47-46(48-44)50-40-22-8-4-16-34(40)35-17-5-9-23-41(35)50/h1-28H. The van der Waals surface area contributed by atoms with Crippen molar-refractivity contribution in [3.63, 3.8) is 0 Å². The summed E-state index contributed by atoms with van der Waals surface area (Å²) in [5.41, 5.74) is 11.5. The molecule has 0 aliphatic rings. The Balaban J connectivity index is 1.09. The maximum absolute atomic E-state index is 5.26. The van der Waals surface area contributed by atoms with Crippen molar-refractivity contribution in [3.05, 3.63) is 170 Å². The van der Waals surface area contributed by atoms with Gasteiger partial charge in [0.1, 0.15) is 0 Å². The topological polar surface area (TPSA) is 35.6 Å². The van der Waals surface area contributed by atoms with E-state index in [0.29, 0.717) is 5.95 Å². The number of hydrogen-bond donors (Lipinski definition) is 0. The molecule has 0 aliphatic heterocycles. The van der Waals surface area contributed by atoms with E-state index in [1.807, 2.05) is 6.20 Å². The van der Waals surface area contributed by atoms with Crippen LogP contribution in [0.25, 0.3) is 97.8 Å². The minimum atomic E-state index is 0.688. The van der Waals surface area contributed by atoms with Gasteiger partial charge in [-0.1, -0.05) is 121 Å². The number of thiophene rings is 1. The Kier molecular flexibility index (Phi) is 6.09. The second-order valence-corrected chi connectivity index (χ2v) is 14.1. The molecule has 4 heterocycles. The summed E-state index contributed by atoms with van der Waals surface area (Å²) >= 11 is 1.74. The molecule has 7 aromatic carbocycles. The molecular formula is C46H28N4S. The summed E-state index contributed by atoms with van der Waals surface area (Å²) in [7, 11) is 0. The van der Waals surface area contributed by atoms with Crippen LogP contribution in [-0.2, 0) is 0 Å². The second kappa shape index (κ2) is 11.0. The number of nitrogens with zero attached hydrogens (tertiary/aromatic N) is 4. The highest BCUT2D eigenvalue weighted by atomic mass is 32.1. The van der Waals surface area contributed by atoms with E-state index in [1.165, 1.54) is 48.4 Å². The molecule has 4 nitrogen and oxygen atoms in total. The summed E-state index contributed by atoms with van der Waals surface area (Å²) in [6, 6.07) is 58.8. The van der Waals surface area contributed by atoms with E-state index in [4.69, 9.17) is 9.97 Å². The zero-order valence-electron chi connectivity index (χ0n) is 27.4. The predicted molar refractivity (Wildman–Crippen MR) is 214 cm³/mol. The number of rotatable bonds is 4. The van der Waals surface area contributed by atoms with Gasteiger partial charge < -0.3 is 4.57 Å². The van der Waals surface area contributed by atoms with Crippen molar-refractivity contribution < 1.29 is 0 Å². The molecule has 11 aromatic rings. The van der Waals surface area contributed by atoms with Gasteiger partial charge in [-0.15, -0.1) is 11.3 Å². The van der Waals surface area contributed by atoms with Crippen LogP contribution >= 0.6 is 11.3 Å². The van der Waals surface area contributed by atoms with Crippen LogP contribution in [0, 0.1) is 0 Å². The first-order chi connectivity index (χ1) is 25.3. The van der Waals surface area contributed by atoms with Gasteiger partial charge in [0, 0.05) is 42.9 Å². The lowest BCUT2D eigenvalue weighted by Crippen LogP contribution is -2.00. The number of benzene rings is 7. The highest BCUT2D eigenvalue weighted by molar-refractivity contribution is 7.25. The molecule has 0 bridgehead atoms. The van der Waals surface area contributed by atoms with Crippen LogP contribution < -0.4 is 0 Å². The number of hydrogen-bond acceptors (Lipinski definition) is 3. The number of para-hydroxylation sites is 4.